The van der Waals surface area contributed by atoms with Crippen LogP contribution in [0.25, 0.3) is 0 Å². The van der Waals surface area contributed by atoms with Crippen molar-refractivity contribution in [1.29, 1.82) is 5.26 Å². The molecule has 0 unspecified atom stereocenters. The van der Waals surface area contributed by atoms with Crippen molar-refractivity contribution < 1.29 is 9.53 Å². The number of aryl methyl sites for hydroxylation is 1. The lowest BCUT2D eigenvalue weighted by Gasteiger charge is -2.29. The SMILES string of the molecule is CCCCCCCCCC1CCC(c2ccc(C(=O)Oc3ccc(CCCC)cc3C#N)cc2)CC1. The molecule has 2 aromatic rings. The summed E-state index contributed by atoms with van der Waals surface area (Å²) >= 11 is 0. The molecule has 1 fully saturated rings. The third kappa shape index (κ3) is 8.81. The van der Waals surface area contributed by atoms with Crippen LogP contribution in [-0.4, -0.2) is 5.97 Å². The maximum atomic E-state index is 12.7. The summed E-state index contributed by atoms with van der Waals surface area (Å²) in [5.74, 6) is 1.43. The highest BCUT2D eigenvalue weighted by atomic mass is 16.5. The molecule has 0 aromatic heterocycles. The van der Waals surface area contributed by atoms with Gasteiger partial charge in [-0.3, -0.25) is 0 Å². The van der Waals surface area contributed by atoms with E-state index in [1.165, 1.54) is 82.6 Å². The zero-order valence-electron chi connectivity index (χ0n) is 22.6. The standard InChI is InChI=1S/C33H45NO2/c1-3-5-7-8-9-10-11-13-26-14-17-28(18-15-26)29-19-21-30(22-20-29)33(35)36-32-23-16-27(12-6-4-2)24-31(32)25-34/h16,19-24,26,28H,3-15,17-18H2,1-2H3. The van der Waals surface area contributed by atoms with E-state index in [0.29, 0.717) is 22.8 Å². The summed E-state index contributed by atoms with van der Waals surface area (Å²) in [6.45, 7) is 4.43. The topological polar surface area (TPSA) is 50.1 Å². The molecule has 3 rings (SSSR count). The first-order chi connectivity index (χ1) is 17.6. The molecule has 0 amide bonds. The number of esters is 1. The minimum Gasteiger partial charge on any atom is -0.422 e. The summed E-state index contributed by atoms with van der Waals surface area (Å²) in [6.07, 6.45) is 19.4. The smallest absolute Gasteiger partial charge is 0.343 e. The van der Waals surface area contributed by atoms with E-state index < -0.39 is 5.97 Å². The van der Waals surface area contributed by atoms with Crippen molar-refractivity contribution in [3.8, 4) is 11.8 Å². The summed E-state index contributed by atoms with van der Waals surface area (Å²) in [5.41, 5.74) is 3.39. The number of hydrogen-bond donors (Lipinski definition) is 0. The van der Waals surface area contributed by atoms with Crippen LogP contribution >= 0.6 is 0 Å². The van der Waals surface area contributed by atoms with Crippen LogP contribution in [0.4, 0.5) is 0 Å². The highest BCUT2D eigenvalue weighted by molar-refractivity contribution is 5.91. The monoisotopic (exact) mass is 487 g/mol. The van der Waals surface area contributed by atoms with Gasteiger partial charge in [0.15, 0.2) is 0 Å². The number of carbonyl (C=O) groups excluding carboxylic acids is 1. The molecule has 0 aliphatic heterocycles. The predicted octanol–water partition coefficient (Wildman–Crippen LogP) is 9.53. The molecule has 2 aromatic carbocycles. The predicted molar refractivity (Wildman–Crippen MR) is 148 cm³/mol. The highest BCUT2D eigenvalue weighted by Crippen LogP contribution is 2.38. The number of benzene rings is 2. The Morgan fingerprint density at radius 2 is 1.53 bits per heavy atom. The first kappa shape index (κ1) is 28.0. The van der Waals surface area contributed by atoms with E-state index >= 15 is 0 Å². The van der Waals surface area contributed by atoms with Crippen LogP contribution in [0.3, 0.4) is 0 Å². The number of unbranched alkanes of at least 4 members (excludes halogenated alkanes) is 7. The largest absolute Gasteiger partial charge is 0.422 e. The van der Waals surface area contributed by atoms with Gasteiger partial charge in [0.25, 0.3) is 0 Å². The fourth-order valence-electron chi connectivity index (χ4n) is 5.51. The average molecular weight is 488 g/mol. The fourth-order valence-corrected chi connectivity index (χ4v) is 5.51. The van der Waals surface area contributed by atoms with Crippen LogP contribution in [0.2, 0.25) is 0 Å². The molecule has 36 heavy (non-hydrogen) atoms. The van der Waals surface area contributed by atoms with Crippen molar-refractivity contribution in [3.05, 3.63) is 64.7 Å². The molecule has 1 saturated carbocycles. The van der Waals surface area contributed by atoms with Gasteiger partial charge in [-0.2, -0.15) is 5.26 Å². The van der Waals surface area contributed by atoms with Crippen molar-refractivity contribution in [3.63, 3.8) is 0 Å². The van der Waals surface area contributed by atoms with E-state index in [2.05, 4.69) is 32.0 Å². The van der Waals surface area contributed by atoms with E-state index in [-0.39, 0.29) is 0 Å². The minimum atomic E-state index is -0.405. The Hall–Kier alpha value is -2.60. The average Bonchev–Trinajstić information content (AvgIpc) is 2.92. The molecule has 0 spiro atoms. The normalized spacial score (nSPS) is 17.5. The van der Waals surface area contributed by atoms with E-state index in [4.69, 9.17) is 4.74 Å². The molecule has 1 aliphatic carbocycles. The second-order valence-electron chi connectivity index (χ2n) is 10.7. The number of rotatable bonds is 14. The van der Waals surface area contributed by atoms with E-state index in [0.717, 1.165) is 30.7 Å². The lowest BCUT2D eigenvalue weighted by Crippen LogP contribution is -2.14. The molecule has 0 heterocycles. The molecular formula is C33H45NO2. The maximum Gasteiger partial charge on any atom is 0.343 e. The van der Waals surface area contributed by atoms with Crippen molar-refractivity contribution in [2.24, 2.45) is 5.92 Å². The van der Waals surface area contributed by atoms with Crippen LogP contribution < -0.4 is 4.74 Å². The molecule has 3 nitrogen and oxygen atoms in total. The first-order valence-corrected chi connectivity index (χ1v) is 14.5. The van der Waals surface area contributed by atoms with Crippen molar-refractivity contribution >= 4 is 5.97 Å². The Morgan fingerprint density at radius 1 is 0.861 bits per heavy atom. The van der Waals surface area contributed by atoms with E-state index in [1.54, 1.807) is 6.07 Å². The lowest BCUT2D eigenvalue weighted by molar-refractivity contribution is 0.0734. The third-order valence-corrected chi connectivity index (χ3v) is 7.87. The summed E-state index contributed by atoms with van der Waals surface area (Å²) < 4.78 is 5.59. The van der Waals surface area contributed by atoms with Gasteiger partial charge in [-0.25, -0.2) is 4.79 Å². The van der Waals surface area contributed by atoms with Crippen molar-refractivity contribution in [1.82, 2.24) is 0 Å². The second kappa shape index (κ2) is 15.5. The Balaban J connectivity index is 1.44. The first-order valence-electron chi connectivity index (χ1n) is 14.5. The lowest BCUT2D eigenvalue weighted by atomic mass is 9.77. The summed E-state index contributed by atoms with van der Waals surface area (Å²) in [5, 5.41) is 9.51. The summed E-state index contributed by atoms with van der Waals surface area (Å²) in [7, 11) is 0. The highest BCUT2D eigenvalue weighted by Gasteiger charge is 2.22. The molecule has 194 valence electrons. The van der Waals surface area contributed by atoms with E-state index in [9.17, 15) is 10.1 Å². The molecule has 1 aliphatic rings. The Bertz CT molecular complexity index is 964. The molecule has 0 N–H and O–H groups in total. The maximum absolute atomic E-state index is 12.7. The third-order valence-electron chi connectivity index (χ3n) is 7.87. The van der Waals surface area contributed by atoms with Gasteiger partial charge in [-0.15, -0.1) is 0 Å². The fraction of sp³-hybridized carbons (Fsp3) is 0.576. The van der Waals surface area contributed by atoms with E-state index in [1.807, 2.05) is 24.3 Å². The number of carbonyl (C=O) groups is 1. The Labute approximate surface area is 219 Å². The molecule has 3 heteroatoms. The number of hydrogen-bond acceptors (Lipinski definition) is 3. The van der Waals surface area contributed by atoms with Crippen LogP contribution in [0.1, 0.15) is 137 Å². The molecule has 0 saturated heterocycles. The van der Waals surface area contributed by atoms with Crippen LogP contribution in [0.5, 0.6) is 5.75 Å². The number of nitriles is 1. The van der Waals surface area contributed by atoms with Gasteiger partial charge in [-0.1, -0.05) is 89.8 Å². The molecule has 0 radical (unpaired) electrons. The van der Waals surface area contributed by atoms with Gasteiger partial charge in [0, 0.05) is 0 Å². The number of nitrogens with zero attached hydrogens (tertiary/aromatic N) is 1. The van der Waals surface area contributed by atoms with Gasteiger partial charge in [-0.05, 0) is 85.8 Å². The molecule has 0 bridgehead atoms. The summed E-state index contributed by atoms with van der Waals surface area (Å²) in [6, 6.07) is 15.7. The Morgan fingerprint density at radius 3 is 2.19 bits per heavy atom. The van der Waals surface area contributed by atoms with Gasteiger partial charge in [0.05, 0.1) is 11.1 Å². The zero-order chi connectivity index (χ0) is 25.6. The minimum absolute atomic E-state index is 0.339. The van der Waals surface area contributed by atoms with Crippen molar-refractivity contribution in [2.45, 2.75) is 116 Å². The zero-order valence-corrected chi connectivity index (χ0v) is 22.6. The van der Waals surface area contributed by atoms with Gasteiger partial charge >= 0.3 is 5.97 Å². The van der Waals surface area contributed by atoms with Crippen LogP contribution in [0, 0.1) is 17.2 Å². The second-order valence-corrected chi connectivity index (χ2v) is 10.7. The van der Waals surface area contributed by atoms with Crippen LogP contribution in [-0.2, 0) is 6.42 Å². The Kier molecular flexibility index (Phi) is 12.0. The van der Waals surface area contributed by atoms with Crippen molar-refractivity contribution in [2.75, 3.05) is 0 Å². The quantitative estimate of drug-likeness (QED) is 0.151. The molecular weight excluding hydrogens is 442 g/mol. The van der Waals surface area contributed by atoms with Gasteiger partial charge in [0.1, 0.15) is 11.8 Å². The molecule has 0 atom stereocenters. The summed E-state index contributed by atoms with van der Waals surface area (Å²) in [4.78, 5) is 12.7. The number of ether oxygens (including phenoxy) is 1. The van der Waals surface area contributed by atoms with Gasteiger partial charge in [0.2, 0.25) is 0 Å². The van der Waals surface area contributed by atoms with Gasteiger partial charge < -0.3 is 4.74 Å². The van der Waals surface area contributed by atoms with Crippen LogP contribution in [0.15, 0.2) is 42.5 Å².